The molecule has 5 nitrogen and oxygen atoms in total. The van der Waals surface area contributed by atoms with E-state index in [1.54, 1.807) is 0 Å². The molecule has 2 atom stereocenters. The van der Waals surface area contributed by atoms with Crippen molar-refractivity contribution in [2.24, 2.45) is 16.6 Å². The first-order valence-electron chi connectivity index (χ1n) is 9.40. The van der Waals surface area contributed by atoms with Crippen LogP contribution in [0, 0.1) is 5.92 Å². The molecule has 0 saturated carbocycles. The van der Waals surface area contributed by atoms with Crippen molar-refractivity contribution < 1.29 is 4.79 Å². The maximum Gasteiger partial charge on any atom is 0.253 e. The van der Waals surface area contributed by atoms with Gasteiger partial charge < -0.3 is 16.0 Å². The molecular weight excluding hydrogens is 336 g/mol. The van der Waals surface area contributed by atoms with Crippen LogP contribution < -0.4 is 16.0 Å². The lowest BCUT2D eigenvalue weighted by Crippen LogP contribution is -2.51. The number of amides is 1. The normalized spacial score (nSPS) is 25.8. The molecule has 0 radical (unpaired) electrons. The van der Waals surface area contributed by atoms with Gasteiger partial charge in [0, 0.05) is 36.5 Å². The van der Waals surface area contributed by atoms with Crippen molar-refractivity contribution in [1.29, 1.82) is 0 Å². The first kappa shape index (κ1) is 16.3. The van der Waals surface area contributed by atoms with Crippen molar-refractivity contribution in [3.8, 4) is 0 Å². The second kappa shape index (κ2) is 6.06. The Labute approximate surface area is 158 Å². The van der Waals surface area contributed by atoms with E-state index in [1.165, 1.54) is 5.56 Å². The van der Waals surface area contributed by atoms with Gasteiger partial charge in [0.05, 0.1) is 6.54 Å². The number of hydrogen-bond donors (Lipinski definition) is 2. The molecule has 27 heavy (non-hydrogen) atoms. The zero-order valence-corrected chi connectivity index (χ0v) is 15.1. The molecule has 3 aliphatic rings. The first-order chi connectivity index (χ1) is 13.2. The molecule has 3 aliphatic heterocycles. The van der Waals surface area contributed by atoms with Gasteiger partial charge in [-0.05, 0) is 41.4 Å². The SMILES string of the molecule is NCC1CN(c2ccc(C3=CCN=C3)cc2)C(=O)C12Cc1ccccc1N2. The molecule has 2 aromatic rings. The number of nitrogens with one attached hydrogen (secondary N) is 1. The number of anilines is 2. The largest absolute Gasteiger partial charge is 0.370 e. The Morgan fingerprint density at radius 3 is 2.70 bits per heavy atom. The molecule has 1 amide bonds. The van der Waals surface area contributed by atoms with Gasteiger partial charge in [-0.3, -0.25) is 9.79 Å². The molecule has 1 spiro atoms. The van der Waals surface area contributed by atoms with Gasteiger partial charge in [-0.25, -0.2) is 0 Å². The Balaban J connectivity index is 1.45. The van der Waals surface area contributed by atoms with Crippen molar-refractivity contribution in [2.75, 3.05) is 29.9 Å². The lowest BCUT2D eigenvalue weighted by molar-refractivity contribution is -0.121. The van der Waals surface area contributed by atoms with Crippen LogP contribution in [0.5, 0.6) is 0 Å². The van der Waals surface area contributed by atoms with Gasteiger partial charge in [0.15, 0.2) is 0 Å². The summed E-state index contributed by atoms with van der Waals surface area (Å²) in [6.07, 6.45) is 4.70. The summed E-state index contributed by atoms with van der Waals surface area (Å²) >= 11 is 0. The van der Waals surface area contributed by atoms with E-state index in [1.807, 2.05) is 41.4 Å². The van der Waals surface area contributed by atoms with Gasteiger partial charge >= 0.3 is 0 Å². The standard InChI is InChI=1S/C22H22N4O/c23-12-18-14-26(19-7-5-15(6-8-19)17-9-10-24-13-17)21(27)22(18)11-16-3-1-2-4-20(16)25-22/h1-9,13,18,25H,10-12,14,23H2. The fraction of sp³-hybridized carbons (Fsp3) is 0.273. The van der Waals surface area contributed by atoms with Crippen LogP contribution in [0.25, 0.3) is 5.57 Å². The highest BCUT2D eigenvalue weighted by molar-refractivity contribution is 6.12. The Morgan fingerprint density at radius 1 is 1.19 bits per heavy atom. The van der Waals surface area contributed by atoms with Crippen molar-refractivity contribution in [3.05, 3.63) is 65.7 Å². The minimum Gasteiger partial charge on any atom is -0.370 e. The average Bonchev–Trinajstić information content (AvgIpc) is 3.42. The minimum absolute atomic E-state index is 0.0711. The minimum atomic E-state index is -0.627. The fourth-order valence-electron chi connectivity index (χ4n) is 4.51. The molecule has 2 aromatic carbocycles. The molecule has 1 fully saturated rings. The molecule has 3 heterocycles. The first-order valence-corrected chi connectivity index (χ1v) is 9.40. The molecule has 0 aromatic heterocycles. The van der Waals surface area contributed by atoms with Crippen molar-refractivity contribution in [2.45, 2.75) is 12.0 Å². The van der Waals surface area contributed by atoms with E-state index in [0.717, 1.165) is 29.1 Å². The summed E-state index contributed by atoms with van der Waals surface area (Å²) in [5.41, 5.74) is 10.9. The molecule has 0 aliphatic carbocycles. The van der Waals surface area contributed by atoms with Crippen LogP contribution in [-0.4, -0.2) is 37.3 Å². The Morgan fingerprint density at radius 2 is 2.00 bits per heavy atom. The maximum absolute atomic E-state index is 13.5. The number of carbonyl (C=O) groups is 1. The molecule has 5 rings (SSSR count). The van der Waals surface area contributed by atoms with Crippen LogP contribution >= 0.6 is 0 Å². The molecule has 136 valence electrons. The number of hydrogen-bond acceptors (Lipinski definition) is 4. The number of para-hydroxylation sites is 1. The van der Waals surface area contributed by atoms with Crippen LogP contribution in [0.3, 0.4) is 0 Å². The summed E-state index contributed by atoms with van der Waals surface area (Å²) < 4.78 is 0. The third-order valence-corrected chi connectivity index (χ3v) is 6.01. The molecule has 2 unspecified atom stereocenters. The third-order valence-electron chi connectivity index (χ3n) is 6.01. The number of rotatable bonds is 3. The summed E-state index contributed by atoms with van der Waals surface area (Å²) in [7, 11) is 0. The van der Waals surface area contributed by atoms with Gasteiger partial charge in [-0.1, -0.05) is 36.4 Å². The van der Waals surface area contributed by atoms with Gasteiger partial charge in [0.2, 0.25) is 0 Å². The lowest BCUT2D eigenvalue weighted by atomic mass is 9.84. The number of nitrogens with zero attached hydrogens (tertiary/aromatic N) is 2. The Hall–Kier alpha value is -2.92. The van der Waals surface area contributed by atoms with Crippen molar-refractivity contribution in [1.82, 2.24) is 0 Å². The van der Waals surface area contributed by atoms with Crippen molar-refractivity contribution in [3.63, 3.8) is 0 Å². The van der Waals surface area contributed by atoms with E-state index in [4.69, 9.17) is 5.73 Å². The number of carbonyl (C=O) groups excluding carboxylic acids is 1. The van der Waals surface area contributed by atoms with E-state index < -0.39 is 5.54 Å². The fourth-order valence-corrected chi connectivity index (χ4v) is 4.51. The predicted molar refractivity (Wildman–Crippen MR) is 109 cm³/mol. The maximum atomic E-state index is 13.5. The van der Waals surface area contributed by atoms with E-state index in [9.17, 15) is 4.79 Å². The summed E-state index contributed by atoms with van der Waals surface area (Å²) in [5, 5.41) is 3.52. The highest BCUT2D eigenvalue weighted by atomic mass is 16.2. The van der Waals surface area contributed by atoms with E-state index in [0.29, 0.717) is 19.5 Å². The zero-order chi connectivity index (χ0) is 18.4. The summed E-state index contributed by atoms with van der Waals surface area (Å²) in [6.45, 7) is 1.86. The number of benzene rings is 2. The van der Waals surface area contributed by atoms with E-state index in [-0.39, 0.29) is 11.8 Å². The van der Waals surface area contributed by atoms with Crippen LogP contribution in [-0.2, 0) is 11.2 Å². The number of fused-ring (bicyclic) bond motifs is 1. The van der Waals surface area contributed by atoms with Crippen molar-refractivity contribution >= 4 is 29.1 Å². The second-order valence-electron chi connectivity index (χ2n) is 7.48. The quantitative estimate of drug-likeness (QED) is 0.886. The van der Waals surface area contributed by atoms with Crippen LogP contribution in [0.15, 0.2) is 59.6 Å². The highest BCUT2D eigenvalue weighted by Gasteiger charge is 2.56. The van der Waals surface area contributed by atoms with Gasteiger partial charge in [0.1, 0.15) is 5.54 Å². The molecule has 1 saturated heterocycles. The molecular formula is C22H22N4O. The lowest BCUT2D eigenvalue weighted by Gasteiger charge is -2.28. The van der Waals surface area contributed by atoms with Gasteiger partial charge in [0.25, 0.3) is 5.91 Å². The molecule has 5 heteroatoms. The second-order valence-corrected chi connectivity index (χ2v) is 7.48. The third kappa shape index (κ3) is 2.42. The number of aliphatic imine (C=N–C) groups is 1. The zero-order valence-electron chi connectivity index (χ0n) is 15.1. The molecule has 3 N–H and O–H groups in total. The summed E-state index contributed by atoms with van der Waals surface area (Å²) in [5.74, 6) is 0.185. The molecule has 0 bridgehead atoms. The summed E-state index contributed by atoms with van der Waals surface area (Å²) in [4.78, 5) is 19.6. The summed E-state index contributed by atoms with van der Waals surface area (Å²) in [6, 6.07) is 16.3. The van der Waals surface area contributed by atoms with Gasteiger partial charge in [-0.15, -0.1) is 0 Å². The van der Waals surface area contributed by atoms with Crippen LogP contribution in [0.4, 0.5) is 11.4 Å². The van der Waals surface area contributed by atoms with E-state index in [2.05, 4.69) is 34.6 Å². The number of allylic oxidation sites excluding steroid dienone is 1. The topological polar surface area (TPSA) is 70.7 Å². The highest BCUT2D eigenvalue weighted by Crippen LogP contribution is 2.43. The monoisotopic (exact) mass is 358 g/mol. The van der Waals surface area contributed by atoms with E-state index >= 15 is 0 Å². The smallest absolute Gasteiger partial charge is 0.253 e. The Bertz CT molecular complexity index is 936. The average molecular weight is 358 g/mol. The predicted octanol–water partition coefficient (Wildman–Crippen LogP) is 2.48. The van der Waals surface area contributed by atoms with Gasteiger partial charge in [-0.2, -0.15) is 0 Å². The van der Waals surface area contributed by atoms with Crippen LogP contribution in [0.1, 0.15) is 11.1 Å². The van der Waals surface area contributed by atoms with Crippen LogP contribution in [0.2, 0.25) is 0 Å². The number of nitrogens with two attached hydrogens (primary N) is 1. The Kier molecular flexibility index (Phi) is 3.65.